The van der Waals surface area contributed by atoms with Crippen molar-refractivity contribution in [1.29, 1.82) is 0 Å². The van der Waals surface area contributed by atoms with Crippen molar-refractivity contribution in [2.45, 2.75) is 51.3 Å². The number of hydrogen-bond acceptors (Lipinski definition) is 5. The standard InChI is InChI=1S/C10H19N3O4/c1-10(2,3)9-8(16)7(15)6(14)5(17-9)4-12-13-11/h5-9,14-16H,4H2,1-3H3/t5?,6-,7?,8?,9+/m0/s1. The number of azide groups is 1. The van der Waals surface area contributed by atoms with Crippen LogP contribution in [0.5, 0.6) is 0 Å². The molecule has 1 aliphatic rings. The highest BCUT2D eigenvalue weighted by Gasteiger charge is 2.47. The maximum absolute atomic E-state index is 9.85. The van der Waals surface area contributed by atoms with Gasteiger partial charge in [0.15, 0.2) is 0 Å². The fourth-order valence-corrected chi connectivity index (χ4v) is 1.93. The Bertz CT molecular complexity index is 311. The SMILES string of the molecule is CC(C)(C)[C@@H]1OC(CN=[N+]=[N-])[C@H](O)C(O)C1O. The second-order valence-electron chi connectivity index (χ2n) is 5.35. The largest absolute Gasteiger partial charge is 0.388 e. The second kappa shape index (κ2) is 5.20. The number of nitrogens with zero attached hydrogens (tertiary/aromatic N) is 3. The van der Waals surface area contributed by atoms with Crippen LogP contribution in [-0.4, -0.2) is 52.4 Å². The van der Waals surface area contributed by atoms with Gasteiger partial charge in [-0.25, -0.2) is 0 Å². The number of hydrogen-bond donors (Lipinski definition) is 3. The summed E-state index contributed by atoms with van der Waals surface area (Å²) in [6, 6.07) is 0. The molecular weight excluding hydrogens is 226 g/mol. The Balaban J connectivity index is 2.86. The van der Waals surface area contributed by atoms with Gasteiger partial charge in [0.1, 0.15) is 18.3 Å². The molecule has 0 spiro atoms. The fraction of sp³-hybridized carbons (Fsp3) is 1.00. The van der Waals surface area contributed by atoms with E-state index in [0.717, 1.165) is 0 Å². The Hall–Kier alpha value is -0.850. The molecule has 7 heteroatoms. The van der Waals surface area contributed by atoms with Crippen LogP contribution in [0.15, 0.2) is 5.11 Å². The van der Waals surface area contributed by atoms with E-state index in [1.807, 2.05) is 20.8 Å². The number of rotatable bonds is 2. The average molecular weight is 245 g/mol. The van der Waals surface area contributed by atoms with E-state index >= 15 is 0 Å². The van der Waals surface area contributed by atoms with E-state index in [1.54, 1.807) is 0 Å². The summed E-state index contributed by atoms with van der Waals surface area (Å²) in [5, 5.41) is 32.6. The lowest BCUT2D eigenvalue weighted by molar-refractivity contribution is -0.241. The topological polar surface area (TPSA) is 119 Å². The molecule has 1 rings (SSSR count). The van der Waals surface area contributed by atoms with Crippen molar-refractivity contribution < 1.29 is 20.1 Å². The number of aliphatic hydroxyl groups is 3. The minimum absolute atomic E-state index is 0.0754. The highest BCUT2D eigenvalue weighted by atomic mass is 16.5. The molecule has 3 unspecified atom stereocenters. The first-order valence-corrected chi connectivity index (χ1v) is 5.49. The van der Waals surface area contributed by atoms with Crippen LogP contribution in [0.3, 0.4) is 0 Å². The second-order valence-corrected chi connectivity index (χ2v) is 5.35. The third-order valence-electron chi connectivity index (χ3n) is 2.89. The van der Waals surface area contributed by atoms with E-state index in [2.05, 4.69) is 10.0 Å². The van der Waals surface area contributed by atoms with E-state index < -0.39 is 35.9 Å². The van der Waals surface area contributed by atoms with Gasteiger partial charge in [-0.15, -0.1) is 0 Å². The Labute approximate surface area is 99.6 Å². The molecule has 0 radical (unpaired) electrons. The van der Waals surface area contributed by atoms with Crippen molar-refractivity contribution in [3.8, 4) is 0 Å². The predicted octanol–water partition coefficient (Wildman–Crippen LogP) is 0.193. The van der Waals surface area contributed by atoms with Crippen molar-refractivity contribution in [2.24, 2.45) is 10.5 Å². The van der Waals surface area contributed by atoms with Gasteiger partial charge in [0.25, 0.3) is 0 Å². The summed E-state index contributed by atoms with van der Waals surface area (Å²) in [7, 11) is 0. The van der Waals surface area contributed by atoms with Gasteiger partial charge in [0.2, 0.25) is 0 Å². The third kappa shape index (κ3) is 3.08. The van der Waals surface area contributed by atoms with Crippen molar-refractivity contribution in [2.75, 3.05) is 6.54 Å². The molecule has 0 aromatic heterocycles. The maximum Gasteiger partial charge on any atom is 0.111 e. The van der Waals surface area contributed by atoms with E-state index in [9.17, 15) is 15.3 Å². The van der Waals surface area contributed by atoms with Gasteiger partial charge in [-0.2, -0.15) is 0 Å². The van der Waals surface area contributed by atoms with Crippen LogP contribution in [0.1, 0.15) is 20.8 Å². The van der Waals surface area contributed by atoms with Gasteiger partial charge in [0.05, 0.1) is 18.8 Å². The molecule has 7 nitrogen and oxygen atoms in total. The minimum Gasteiger partial charge on any atom is -0.388 e. The highest BCUT2D eigenvalue weighted by Crippen LogP contribution is 2.33. The van der Waals surface area contributed by atoms with E-state index in [0.29, 0.717) is 0 Å². The summed E-state index contributed by atoms with van der Waals surface area (Å²) in [6.45, 7) is 5.50. The van der Waals surface area contributed by atoms with Gasteiger partial charge in [0, 0.05) is 4.91 Å². The summed E-state index contributed by atoms with van der Waals surface area (Å²) in [6.07, 6.45) is -5.14. The molecule has 0 amide bonds. The van der Waals surface area contributed by atoms with Crippen molar-refractivity contribution in [1.82, 2.24) is 0 Å². The molecule has 0 aromatic carbocycles. The molecule has 1 fully saturated rings. The van der Waals surface area contributed by atoms with Crippen LogP contribution in [0.2, 0.25) is 0 Å². The zero-order valence-corrected chi connectivity index (χ0v) is 10.2. The third-order valence-corrected chi connectivity index (χ3v) is 2.89. The van der Waals surface area contributed by atoms with Gasteiger partial charge in [-0.05, 0) is 10.9 Å². The Morgan fingerprint density at radius 1 is 1.18 bits per heavy atom. The van der Waals surface area contributed by atoms with Crippen LogP contribution >= 0.6 is 0 Å². The van der Waals surface area contributed by atoms with E-state index in [-0.39, 0.29) is 6.54 Å². The Morgan fingerprint density at radius 2 is 1.76 bits per heavy atom. The number of aliphatic hydroxyl groups excluding tert-OH is 3. The fourth-order valence-electron chi connectivity index (χ4n) is 1.93. The number of ether oxygens (including phenoxy) is 1. The molecule has 0 aromatic rings. The zero-order chi connectivity index (χ0) is 13.2. The van der Waals surface area contributed by atoms with Crippen LogP contribution in [0.4, 0.5) is 0 Å². The summed E-state index contributed by atoms with van der Waals surface area (Å²) in [4.78, 5) is 2.59. The summed E-state index contributed by atoms with van der Waals surface area (Å²) >= 11 is 0. The molecule has 0 aliphatic carbocycles. The molecule has 98 valence electrons. The van der Waals surface area contributed by atoms with Crippen LogP contribution in [0.25, 0.3) is 10.4 Å². The molecule has 1 saturated heterocycles. The van der Waals surface area contributed by atoms with Crippen molar-refractivity contribution >= 4 is 0 Å². The minimum atomic E-state index is -1.30. The zero-order valence-electron chi connectivity index (χ0n) is 10.2. The van der Waals surface area contributed by atoms with Crippen molar-refractivity contribution in [3.05, 3.63) is 10.4 Å². The first-order chi connectivity index (χ1) is 7.79. The monoisotopic (exact) mass is 245 g/mol. The first kappa shape index (κ1) is 14.2. The quantitative estimate of drug-likeness (QED) is 0.365. The first-order valence-electron chi connectivity index (χ1n) is 5.49. The molecular formula is C10H19N3O4. The summed E-state index contributed by atoms with van der Waals surface area (Å²) in [5.41, 5.74) is 7.84. The lowest BCUT2D eigenvalue weighted by Crippen LogP contribution is -2.61. The van der Waals surface area contributed by atoms with Crippen LogP contribution in [0, 0.1) is 5.41 Å². The van der Waals surface area contributed by atoms with Gasteiger partial charge < -0.3 is 20.1 Å². The smallest absolute Gasteiger partial charge is 0.111 e. The summed E-state index contributed by atoms with van der Waals surface area (Å²) in [5.74, 6) is 0. The molecule has 1 aliphatic heterocycles. The van der Waals surface area contributed by atoms with Gasteiger partial charge in [-0.1, -0.05) is 25.9 Å². The Kier molecular flexibility index (Phi) is 4.35. The van der Waals surface area contributed by atoms with E-state index in [4.69, 9.17) is 10.3 Å². The lowest BCUT2D eigenvalue weighted by Gasteiger charge is -2.45. The molecule has 0 saturated carbocycles. The molecule has 0 bridgehead atoms. The average Bonchev–Trinajstić information content (AvgIpc) is 2.23. The maximum atomic E-state index is 9.85. The normalized spacial score (nSPS) is 38.6. The van der Waals surface area contributed by atoms with Gasteiger partial charge >= 0.3 is 0 Å². The summed E-state index contributed by atoms with van der Waals surface area (Å²) < 4.78 is 5.52. The predicted molar refractivity (Wildman–Crippen MR) is 60.1 cm³/mol. The van der Waals surface area contributed by atoms with Crippen LogP contribution in [-0.2, 0) is 4.74 Å². The molecule has 3 N–H and O–H groups in total. The molecule has 5 atom stereocenters. The lowest BCUT2D eigenvalue weighted by atomic mass is 9.80. The van der Waals surface area contributed by atoms with Crippen molar-refractivity contribution in [3.63, 3.8) is 0 Å². The highest BCUT2D eigenvalue weighted by molar-refractivity contribution is 4.96. The van der Waals surface area contributed by atoms with Crippen LogP contribution < -0.4 is 0 Å². The Morgan fingerprint density at radius 3 is 2.24 bits per heavy atom. The van der Waals surface area contributed by atoms with E-state index in [1.165, 1.54) is 0 Å². The molecule has 17 heavy (non-hydrogen) atoms. The molecule has 1 heterocycles. The van der Waals surface area contributed by atoms with Gasteiger partial charge in [-0.3, -0.25) is 0 Å².